The van der Waals surface area contributed by atoms with E-state index in [2.05, 4.69) is 13.8 Å². The minimum atomic E-state index is -0.748. The predicted octanol–water partition coefficient (Wildman–Crippen LogP) is 7.05. The summed E-state index contributed by atoms with van der Waals surface area (Å²) in [6.07, 6.45) is 8.40. The van der Waals surface area contributed by atoms with E-state index >= 15 is 0 Å². The molecule has 0 unspecified atom stereocenters. The van der Waals surface area contributed by atoms with Gasteiger partial charge in [0.2, 0.25) is 0 Å². The highest BCUT2D eigenvalue weighted by Gasteiger charge is 2.25. The Hall–Kier alpha value is -1.24. The molecule has 26 heavy (non-hydrogen) atoms. The third-order valence-corrected chi connectivity index (χ3v) is 6.46. The molecule has 6 heteroatoms. The Kier molecular flexibility index (Phi) is 11.4. The van der Waals surface area contributed by atoms with Crippen LogP contribution in [0.5, 0.6) is 0 Å². The lowest BCUT2D eigenvalue weighted by Crippen LogP contribution is -2.02. The Labute approximate surface area is 164 Å². The summed E-state index contributed by atoms with van der Waals surface area (Å²) in [5.41, 5.74) is -0.951. The molecular formula is C20H26F2N2S2. The van der Waals surface area contributed by atoms with Crippen molar-refractivity contribution < 1.29 is 8.78 Å². The molecule has 0 amide bonds. The molecular weight excluding hydrogens is 370 g/mol. The van der Waals surface area contributed by atoms with E-state index in [0.29, 0.717) is 11.5 Å². The van der Waals surface area contributed by atoms with Crippen LogP contribution in [0.2, 0.25) is 0 Å². The van der Waals surface area contributed by atoms with Crippen LogP contribution in [0.1, 0.15) is 76.3 Å². The maximum atomic E-state index is 14.8. The molecule has 0 bridgehead atoms. The van der Waals surface area contributed by atoms with Gasteiger partial charge in [-0.3, -0.25) is 0 Å². The van der Waals surface area contributed by atoms with Crippen LogP contribution in [0.15, 0.2) is 9.79 Å². The third-order valence-electron chi connectivity index (χ3n) is 4.01. The van der Waals surface area contributed by atoms with Gasteiger partial charge in [0.1, 0.15) is 23.3 Å². The monoisotopic (exact) mass is 396 g/mol. The minimum absolute atomic E-state index is 0.190. The Morgan fingerprint density at radius 1 is 0.692 bits per heavy atom. The van der Waals surface area contributed by atoms with Crippen LogP contribution in [0, 0.1) is 34.3 Å². The highest BCUT2D eigenvalue weighted by molar-refractivity contribution is 8.02. The molecule has 0 aromatic heterocycles. The zero-order chi connectivity index (χ0) is 19.4. The van der Waals surface area contributed by atoms with E-state index in [1.807, 2.05) is 0 Å². The zero-order valence-electron chi connectivity index (χ0n) is 15.5. The average molecular weight is 397 g/mol. The molecule has 0 radical (unpaired) electrons. The van der Waals surface area contributed by atoms with Crippen molar-refractivity contribution in [3.05, 3.63) is 22.8 Å². The Bertz CT molecular complexity index is 606. The van der Waals surface area contributed by atoms with Gasteiger partial charge in [0, 0.05) is 0 Å². The predicted molar refractivity (Wildman–Crippen MR) is 106 cm³/mol. The first-order valence-corrected chi connectivity index (χ1v) is 11.2. The number of nitriles is 2. The summed E-state index contributed by atoms with van der Waals surface area (Å²) in [5.74, 6) is -0.142. The third kappa shape index (κ3) is 6.49. The number of benzene rings is 1. The van der Waals surface area contributed by atoms with Gasteiger partial charge >= 0.3 is 0 Å². The number of hydrogen-bond donors (Lipinski definition) is 0. The van der Waals surface area contributed by atoms with Gasteiger partial charge in [0.25, 0.3) is 0 Å². The average Bonchev–Trinajstić information content (AvgIpc) is 2.64. The molecule has 1 rings (SSSR count). The number of thioether (sulfide) groups is 2. The fourth-order valence-electron chi connectivity index (χ4n) is 2.52. The lowest BCUT2D eigenvalue weighted by Gasteiger charge is -2.14. The van der Waals surface area contributed by atoms with Gasteiger partial charge in [-0.25, -0.2) is 8.78 Å². The van der Waals surface area contributed by atoms with Crippen molar-refractivity contribution in [3.8, 4) is 12.1 Å². The molecule has 0 aliphatic rings. The largest absolute Gasteiger partial charge is 0.204 e. The number of hydrogen-bond acceptors (Lipinski definition) is 4. The van der Waals surface area contributed by atoms with Gasteiger partial charge in [-0.1, -0.05) is 52.4 Å². The molecule has 0 saturated carbocycles. The molecule has 1 aromatic carbocycles. The van der Waals surface area contributed by atoms with Gasteiger partial charge in [-0.2, -0.15) is 10.5 Å². The second kappa shape index (κ2) is 13.0. The summed E-state index contributed by atoms with van der Waals surface area (Å²) >= 11 is 2.52. The van der Waals surface area contributed by atoms with Crippen LogP contribution in [0.4, 0.5) is 8.78 Å². The van der Waals surface area contributed by atoms with E-state index in [-0.39, 0.29) is 9.79 Å². The number of rotatable bonds is 12. The molecule has 0 atom stereocenters. The first-order chi connectivity index (χ1) is 12.6. The van der Waals surface area contributed by atoms with Crippen molar-refractivity contribution in [1.82, 2.24) is 0 Å². The summed E-state index contributed by atoms with van der Waals surface area (Å²) < 4.78 is 29.6. The summed E-state index contributed by atoms with van der Waals surface area (Å²) in [6, 6.07) is 3.32. The maximum Gasteiger partial charge on any atom is 0.157 e. The highest BCUT2D eigenvalue weighted by Crippen LogP contribution is 2.39. The first-order valence-electron chi connectivity index (χ1n) is 9.22. The van der Waals surface area contributed by atoms with E-state index in [9.17, 15) is 8.78 Å². The van der Waals surface area contributed by atoms with Gasteiger partial charge in [0.05, 0.1) is 9.79 Å². The second-order valence-electron chi connectivity index (χ2n) is 6.08. The number of nitrogens with zero attached hydrogens (tertiary/aromatic N) is 2. The van der Waals surface area contributed by atoms with E-state index in [4.69, 9.17) is 10.5 Å². The molecule has 0 heterocycles. The molecule has 1 aromatic rings. The van der Waals surface area contributed by atoms with Crippen molar-refractivity contribution in [2.24, 2.45) is 0 Å². The van der Waals surface area contributed by atoms with Gasteiger partial charge in [0.15, 0.2) is 11.6 Å². The fourth-order valence-corrected chi connectivity index (χ4v) is 4.88. The normalized spacial score (nSPS) is 10.5. The zero-order valence-corrected chi connectivity index (χ0v) is 17.2. The van der Waals surface area contributed by atoms with E-state index in [1.165, 1.54) is 23.5 Å². The van der Waals surface area contributed by atoms with Crippen LogP contribution < -0.4 is 0 Å². The van der Waals surface area contributed by atoms with Crippen LogP contribution in [0.25, 0.3) is 0 Å². The molecule has 0 spiro atoms. The van der Waals surface area contributed by atoms with E-state index in [1.54, 1.807) is 12.1 Å². The maximum absolute atomic E-state index is 14.8. The van der Waals surface area contributed by atoms with E-state index < -0.39 is 22.8 Å². The fraction of sp³-hybridized carbons (Fsp3) is 0.600. The first kappa shape index (κ1) is 22.8. The van der Waals surface area contributed by atoms with Crippen LogP contribution in [-0.4, -0.2) is 11.5 Å². The minimum Gasteiger partial charge on any atom is -0.204 e. The Balaban J connectivity index is 3.03. The molecule has 0 N–H and O–H groups in total. The van der Waals surface area contributed by atoms with Crippen molar-refractivity contribution >= 4 is 23.5 Å². The smallest absolute Gasteiger partial charge is 0.157 e. The van der Waals surface area contributed by atoms with Crippen molar-refractivity contribution in [2.75, 3.05) is 11.5 Å². The summed E-state index contributed by atoms with van der Waals surface area (Å²) in [4.78, 5) is 0.380. The summed E-state index contributed by atoms with van der Waals surface area (Å²) in [7, 11) is 0. The van der Waals surface area contributed by atoms with Crippen molar-refractivity contribution in [1.29, 1.82) is 10.5 Å². The molecule has 142 valence electrons. The molecule has 2 nitrogen and oxygen atoms in total. The molecule has 0 aliphatic carbocycles. The topological polar surface area (TPSA) is 47.6 Å². The van der Waals surface area contributed by atoms with Gasteiger partial charge in [-0.05, 0) is 24.3 Å². The van der Waals surface area contributed by atoms with E-state index in [0.717, 1.165) is 51.4 Å². The van der Waals surface area contributed by atoms with Gasteiger partial charge < -0.3 is 0 Å². The highest BCUT2D eigenvalue weighted by atomic mass is 32.2. The Morgan fingerprint density at radius 3 is 1.38 bits per heavy atom. The van der Waals surface area contributed by atoms with Crippen molar-refractivity contribution in [2.45, 2.75) is 75.0 Å². The standard InChI is InChI=1S/C20H26F2N2S2/c1-3-5-7-9-11-25-19-17(21)15(13-23)16(14-24)18(22)20(19)26-12-10-8-6-4-2/h3-12H2,1-2H3. The van der Waals surface area contributed by atoms with Gasteiger partial charge in [-0.15, -0.1) is 23.5 Å². The SMILES string of the molecule is CCCCCCSc1c(F)c(C#N)c(C#N)c(F)c1SCCCCCC. The van der Waals surface area contributed by atoms with Crippen LogP contribution >= 0.6 is 23.5 Å². The lowest BCUT2D eigenvalue weighted by molar-refractivity contribution is 0.544. The molecule has 0 fully saturated rings. The van der Waals surface area contributed by atoms with Crippen molar-refractivity contribution in [3.63, 3.8) is 0 Å². The second-order valence-corrected chi connectivity index (χ2v) is 8.29. The number of unbranched alkanes of at least 4 members (excludes halogenated alkanes) is 6. The Morgan fingerprint density at radius 2 is 1.08 bits per heavy atom. The molecule has 0 saturated heterocycles. The molecule has 0 aliphatic heterocycles. The quantitative estimate of drug-likeness (QED) is 0.280. The summed E-state index contributed by atoms with van der Waals surface area (Å²) in [6.45, 7) is 4.24. The lowest BCUT2D eigenvalue weighted by atomic mass is 10.1. The van der Waals surface area contributed by atoms with Crippen LogP contribution in [-0.2, 0) is 0 Å². The van der Waals surface area contributed by atoms with Crippen LogP contribution in [0.3, 0.4) is 0 Å². The summed E-state index contributed by atoms with van der Waals surface area (Å²) in [5, 5.41) is 18.3. The number of halogens is 2.